The molecule has 0 unspecified atom stereocenters. The number of hydrogen-bond acceptors (Lipinski definition) is 0. The van der Waals surface area contributed by atoms with Gasteiger partial charge in [0.15, 0.2) is 0 Å². The second-order valence-corrected chi connectivity index (χ2v) is 8.77. The summed E-state index contributed by atoms with van der Waals surface area (Å²) in [5, 5.41) is 13.7. The van der Waals surface area contributed by atoms with E-state index in [4.69, 9.17) is 0 Å². The standard InChI is InChI=1S/C30H24/c1-17-9-11-19(3)27-21(17)13-15-25-23-7-5-6-8-24(23)26-16-14-22-18(2)10-12-20(4)28(22)30(26)29(25)27/h5-16H,1-4H3. The van der Waals surface area contributed by atoms with Gasteiger partial charge in [0.2, 0.25) is 0 Å². The van der Waals surface area contributed by atoms with Crippen molar-refractivity contribution in [3.8, 4) is 0 Å². The van der Waals surface area contributed by atoms with Crippen LogP contribution in [0.15, 0.2) is 72.8 Å². The summed E-state index contributed by atoms with van der Waals surface area (Å²) in [7, 11) is 0. The van der Waals surface area contributed by atoms with Gasteiger partial charge in [-0.05, 0) is 104 Å². The summed E-state index contributed by atoms with van der Waals surface area (Å²) in [6.45, 7) is 8.96. The normalized spacial score (nSPS) is 12.0. The largest absolute Gasteiger partial charge is 0.0616 e. The Morgan fingerprint density at radius 2 is 0.667 bits per heavy atom. The summed E-state index contributed by atoms with van der Waals surface area (Å²) in [5.41, 5.74) is 5.37. The number of hydrogen-bond donors (Lipinski definition) is 0. The highest BCUT2D eigenvalue weighted by molar-refractivity contribution is 6.37. The van der Waals surface area contributed by atoms with Gasteiger partial charge in [-0.15, -0.1) is 0 Å². The SMILES string of the molecule is Cc1ccc(C)c2c1ccc1c3ccccc3c3ccc4c(C)ccc(C)c4c3c12. The van der Waals surface area contributed by atoms with Gasteiger partial charge in [-0.25, -0.2) is 0 Å². The minimum absolute atomic E-state index is 1.34. The Balaban J connectivity index is 2.11. The average Bonchev–Trinajstić information content (AvgIpc) is 2.77. The van der Waals surface area contributed by atoms with Crippen molar-refractivity contribution in [2.75, 3.05) is 0 Å². The molecule has 0 heterocycles. The van der Waals surface area contributed by atoms with Gasteiger partial charge in [-0.1, -0.05) is 72.8 Å². The van der Waals surface area contributed by atoms with Crippen molar-refractivity contribution >= 4 is 53.9 Å². The second-order valence-electron chi connectivity index (χ2n) is 8.77. The third kappa shape index (κ3) is 2.17. The fourth-order valence-electron chi connectivity index (χ4n) is 5.45. The zero-order valence-electron chi connectivity index (χ0n) is 17.9. The molecule has 6 aromatic carbocycles. The lowest BCUT2D eigenvalue weighted by atomic mass is 9.85. The highest BCUT2D eigenvalue weighted by Gasteiger charge is 2.16. The fraction of sp³-hybridized carbons (Fsp3) is 0.133. The van der Waals surface area contributed by atoms with Crippen LogP contribution in [0, 0.1) is 27.7 Å². The molecular formula is C30H24. The van der Waals surface area contributed by atoms with E-state index < -0.39 is 0 Å². The number of fused-ring (bicyclic) bond motifs is 10. The molecule has 0 aliphatic heterocycles. The maximum atomic E-state index is 2.34. The van der Waals surface area contributed by atoms with Gasteiger partial charge < -0.3 is 0 Å². The van der Waals surface area contributed by atoms with Gasteiger partial charge >= 0.3 is 0 Å². The van der Waals surface area contributed by atoms with E-state index in [0.717, 1.165) is 0 Å². The molecule has 30 heavy (non-hydrogen) atoms. The van der Waals surface area contributed by atoms with Crippen molar-refractivity contribution in [1.82, 2.24) is 0 Å². The Hall–Kier alpha value is -3.38. The Kier molecular flexibility index (Phi) is 3.53. The van der Waals surface area contributed by atoms with Crippen LogP contribution in [0.3, 0.4) is 0 Å². The summed E-state index contributed by atoms with van der Waals surface area (Å²) in [5.74, 6) is 0. The first-order valence-corrected chi connectivity index (χ1v) is 10.7. The minimum Gasteiger partial charge on any atom is -0.0616 e. The highest BCUT2D eigenvalue weighted by Crippen LogP contribution is 2.44. The van der Waals surface area contributed by atoms with Crippen molar-refractivity contribution in [2.24, 2.45) is 0 Å². The molecule has 0 saturated carbocycles. The molecule has 0 saturated heterocycles. The van der Waals surface area contributed by atoms with Crippen LogP contribution in [-0.2, 0) is 0 Å². The molecule has 0 aliphatic carbocycles. The quantitative estimate of drug-likeness (QED) is 0.230. The van der Waals surface area contributed by atoms with Gasteiger partial charge in [-0.3, -0.25) is 0 Å². The average molecular weight is 385 g/mol. The molecule has 144 valence electrons. The molecule has 0 bridgehead atoms. The predicted molar refractivity (Wildman–Crippen MR) is 133 cm³/mol. The van der Waals surface area contributed by atoms with Crippen LogP contribution < -0.4 is 0 Å². The molecule has 0 aromatic heterocycles. The summed E-state index contributed by atoms with van der Waals surface area (Å²) >= 11 is 0. The van der Waals surface area contributed by atoms with E-state index in [9.17, 15) is 0 Å². The van der Waals surface area contributed by atoms with Gasteiger partial charge in [0.05, 0.1) is 0 Å². The van der Waals surface area contributed by atoms with E-state index in [0.29, 0.717) is 0 Å². The van der Waals surface area contributed by atoms with Crippen LogP contribution in [-0.4, -0.2) is 0 Å². The Bertz CT molecular complexity index is 1540. The molecule has 0 N–H and O–H groups in total. The first kappa shape index (κ1) is 17.5. The van der Waals surface area contributed by atoms with Crippen molar-refractivity contribution < 1.29 is 0 Å². The predicted octanol–water partition coefficient (Wildman–Crippen LogP) is 8.69. The Labute approximate surface area is 176 Å². The lowest BCUT2D eigenvalue weighted by Gasteiger charge is -2.18. The van der Waals surface area contributed by atoms with Crippen LogP contribution in [0.2, 0.25) is 0 Å². The third-order valence-electron chi connectivity index (χ3n) is 6.97. The summed E-state index contributed by atoms with van der Waals surface area (Å²) in [4.78, 5) is 0. The molecule has 0 nitrogen and oxygen atoms in total. The van der Waals surface area contributed by atoms with Crippen molar-refractivity contribution in [3.05, 3.63) is 95.1 Å². The van der Waals surface area contributed by atoms with Crippen molar-refractivity contribution in [1.29, 1.82) is 0 Å². The van der Waals surface area contributed by atoms with E-state index in [2.05, 4.69) is 100 Å². The molecule has 0 radical (unpaired) electrons. The van der Waals surface area contributed by atoms with Gasteiger partial charge in [-0.2, -0.15) is 0 Å². The topological polar surface area (TPSA) is 0 Å². The highest BCUT2D eigenvalue weighted by atomic mass is 14.2. The van der Waals surface area contributed by atoms with Crippen LogP contribution >= 0.6 is 0 Å². The van der Waals surface area contributed by atoms with Crippen molar-refractivity contribution in [3.63, 3.8) is 0 Å². The van der Waals surface area contributed by atoms with E-state index in [1.807, 2.05) is 0 Å². The third-order valence-corrected chi connectivity index (χ3v) is 6.97. The lowest BCUT2D eigenvalue weighted by molar-refractivity contribution is 1.47. The monoisotopic (exact) mass is 384 g/mol. The maximum Gasteiger partial charge on any atom is -0.00112 e. The summed E-state index contributed by atoms with van der Waals surface area (Å²) < 4.78 is 0. The van der Waals surface area contributed by atoms with E-state index >= 15 is 0 Å². The first-order valence-electron chi connectivity index (χ1n) is 10.7. The maximum absolute atomic E-state index is 2.34. The first-order chi connectivity index (χ1) is 14.6. The molecule has 6 aromatic rings. The molecule has 6 rings (SSSR count). The lowest BCUT2D eigenvalue weighted by Crippen LogP contribution is -1.92. The van der Waals surface area contributed by atoms with E-state index in [1.165, 1.54) is 76.1 Å². The van der Waals surface area contributed by atoms with E-state index in [-0.39, 0.29) is 0 Å². The zero-order valence-corrected chi connectivity index (χ0v) is 17.9. The number of aryl methyl sites for hydroxylation is 4. The molecule has 0 aliphatic rings. The fourth-order valence-corrected chi connectivity index (χ4v) is 5.45. The molecule has 0 fully saturated rings. The van der Waals surface area contributed by atoms with Crippen LogP contribution in [0.5, 0.6) is 0 Å². The zero-order chi connectivity index (χ0) is 20.6. The summed E-state index contributed by atoms with van der Waals surface area (Å²) in [6, 6.07) is 27.3. The van der Waals surface area contributed by atoms with Gasteiger partial charge in [0.25, 0.3) is 0 Å². The molecule has 0 amide bonds. The minimum atomic E-state index is 1.34. The van der Waals surface area contributed by atoms with Crippen molar-refractivity contribution in [2.45, 2.75) is 27.7 Å². The Morgan fingerprint density at radius 3 is 1.10 bits per heavy atom. The Morgan fingerprint density at radius 1 is 0.300 bits per heavy atom. The molecule has 0 atom stereocenters. The number of rotatable bonds is 0. The molecule has 0 heteroatoms. The van der Waals surface area contributed by atoms with Crippen LogP contribution in [0.25, 0.3) is 53.9 Å². The van der Waals surface area contributed by atoms with Gasteiger partial charge in [0.1, 0.15) is 0 Å². The van der Waals surface area contributed by atoms with Crippen LogP contribution in [0.4, 0.5) is 0 Å². The summed E-state index contributed by atoms with van der Waals surface area (Å²) in [6.07, 6.45) is 0. The van der Waals surface area contributed by atoms with Crippen LogP contribution in [0.1, 0.15) is 22.3 Å². The smallest absolute Gasteiger partial charge is 0.00112 e. The molecular weight excluding hydrogens is 360 g/mol. The van der Waals surface area contributed by atoms with Gasteiger partial charge in [0, 0.05) is 0 Å². The molecule has 0 spiro atoms. The second kappa shape index (κ2) is 6.06. The van der Waals surface area contributed by atoms with E-state index in [1.54, 1.807) is 0 Å². The number of benzene rings is 6.